The number of anilines is 2. The number of aliphatic hydroxyl groups is 1. The van der Waals surface area contributed by atoms with Crippen molar-refractivity contribution in [2.75, 3.05) is 31.4 Å². The van der Waals surface area contributed by atoms with Crippen LogP contribution in [0.1, 0.15) is 19.7 Å². The number of aliphatic hydroxyl groups excluding tert-OH is 1. The van der Waals surface area contributed by atoms with Gasteiger partial charge in [-0.15, -0.1) is 0 Å². The van der Waals surface area contributed by atoms with E-state index in [1.54, 1.807) is 13.2 Å². The summed E-state index contributed by atoms with van der Waals surface area (Å²) in [7, 11) is 3.43. The van der Waals surface area contributed by atoms with Gasteiger partial charge in [-0.1, -0.05) is 0 Å². The number of rotatable bonds is 5. The van der Waals surface area contributed by atoms with Gasteiger partial charge in [-0.25, -0.2) is 9.97 Å². The van der Waals surface area contributed by atoms with E-state index < -0.39 is 5.54 Å². The molecule has 0 spiro atoms. The Balaban J connectivity index is 3.05. The number of hydrogen-bond donors (Lipinski definition) is 2. The molecule has 0 fully saturated rings. The van der Waals surface area contributed by atoms with E-state index in [0.29, 0.717) is 24.1 Å². The number of aromatic nitrogens is 2. The second kappa shape index (κ2) is 5.29. The van der Waals surface area contributed by atoms with Crippen molar-refractivity contribution < 1.29 is 9.84 Å². The van der Waals surface area contributed by atoms with Gasteiger partial charge in [0.05, 0.1) is 12.1 Å². The smallest absolute Gasteiger partial charge is 0.158 e. The monoisotopic (exact) mass is 240 g/mol. The molecule has 96 valence electrons. The van der Waals surface area contributed by atoms with Crippen LogP contribution in [-0.4, -0.2) is 41.4 Å². The Morgan fingerprint density at radius 1 is 1.47 bits per heavy atom. The van der Waals surface area contributed by atoms with Crippen LogP contribution in [-0.2, 0) is 11.3 Å². The Bertz CT molecular complexity index is 382. The second-order valence-corrected chi connectivity index (χ2v) is 4.53. The molecule has 6 nitrogen and oxygen atoms in total. The third-order valence-corrected chi connectivity index (χ3v) is 2.69. The highest BCUT2D eigenvalue weighted by Gasteiger charge is 2.24. The molecule has 3 N–H and O–H groups in total. The highest BCUT2D eigenvalue weighted by atomic mass is 16.5. The van der Waals surface area contributed by atoms with Gasteiger partial charge in [0.2, 0.25) is 0 Å². The summed E-state index contributed by atoms with van der Waals surface area (Å²) in [4.78, 5) is 10.3. The minimum Gasteiger partial charge on any atom is -0.394 e. The van der Waals surface area contributed by atoms with Crippen molar-refractivity contribution in [1.29, 1.82) is 0 Å². The topological polar surface area (TPSA) is 84.5 Å². The summed E-state index contributed by atoms with van der Waals surface area (Å²) in [5.74, 6) is 1.59. The molecule has 0 saturated carbocycles. The van der Waals surface area contributed by atoms with Crippen molar-refractivity contribution in [3.63, 3.8) is 0 Å². The van der Waals surface area contributed by atoms with Crippen LogP contribution >= 0.6 is 0 Å². The lowest BCUT2D eigenvalue weighted by Gasteiger charge is -2.35. The van der Waals surface area contributed by atoms with Crippen molar-refractivity contribution in [1.82, 2.24) is 9.97 Å². The fourth-order valence-corrected chi connectivity index (χ4v) is 1.28. The fraction of sp³-hybridized carbons (Fsp3) is 0.636. The molecule has 0 unspecified atom stereocenters. The van der Waals surface area contributed by atoms with Crippen molar-refractivity contribution in [2.45, 2.75) is 26.0 Å². The van der Waals surface area contributed by atoms with E-state index in [2.05, 4.69) is 9.97 Å². The van der Waals surface area contributed by atoms with E-state index in [0.717, 1.165) is 0 Å². The number of likely N-dealkylation sites (N-methyl/N-ethyl adjacent to an activating group) is 1. The van der Waals surface area contributed by atoms with Crippen LogP contribution in [0.25, 0.3) is 0 Å². The first-order valence-electron chi connectivity index (χ1n) is 5.38. The zero-order valence-corrected chi connectivity index (χ0v) is 10.8. The van der Waals surface area contributed by atoms with Gasteiger partial charge >= 0.3 is 0 Å². The van der Waals surface area contributed by atoms with Crippen molar-refractivity contribution in [3.8, 4) is 0 Å². The molecular formula is C11H20N4O2. The summed E-state index contributed by atoms with van der Waals surface area (Å²) < 4.78 is 4.98. The van der Waals surface area contributed by atoms with Crippen molar-refractivity contribution in [2.24, 2.45) is 0 Å². The van der Waals surface area contributed by atoms with Crippen LogP contribution in [0.15, 0.2) is 6.07 Å². The largest absolute Gasteiger partial charge is 0.394 e. The molecule has 6 heteroatoms. The van der Waals surface area contributed by atoms with Crippen molar-refractivity contribution in [3.05, 3.63) is 11.9 Å². The maximum atomic E-state index is 9.33. The third kappa shape index (κ3) is 3.28. The Labute approximate surface area is 101 Å². The maximum absolute atomic E-state index is 9.33. The molecule has 0 aromatic carbocycles. The standard InChI is InChI=1S/C11H20N4O2/c1-11(2,7-16)15(3)10-5-8(12)13-9(14-10)6-17-4/h5,16H,6-7H2,1-4H3,(H2,12,13,14). The Morgan fingerprint density at radius 3 is 2.65 bits per heavy atom. The van der Waals surface area contributed by atoms with E-state index >= 15 is 0 Å². The quantitative estimate of drug-likeness (QED) is 0.775. The lowest BCUT2D eigenvalue weighted by Crippen LogP contribution is -2.45. The highest BCUT2D eigenvalue weighted by Crippen LogP contribution is 2.21. The van der Waals surface area contributed by atoms with E-state index in [-0.39, 0.29) is 6.61 Å². The number of nitrogens with zero attached hydrogens (tertiary/aromatic N) is 3. The van der Waals surface area contributed by atoms with Crippen LogP contribution < -0.4 is 10.6 Å². The number of nitrogens with two attached hydrogens (primary N) is 1. The predicted molar refractivity (Wildman–Crippen MR) is 66.7 cm³/mol. The molecule has 1 aromatic rings. The lowest BCUT2D eigenvalue weighted by molar-refractivity contribution is 0.177. The van der Waals surface area contributed by atoms with E-state index in [4.69, 9.17) is 10.5 Å². The van der Waals surface area contributed by atoms with Crippen molar-refractivity contribution >= 4 is 11.6 Å². The van der Waals surface area contributed by atoms with Gasteiger partial charge in [0.1, 0.15) is 18.2 Å². The Hall–Kier alpha value is -1.40. The highest BCUT2D eigenvalue weighted by molar-refractivity contribution is 5.48. The number of hydrogen-bond acceptors (Lipinski definition) is 6. The van der Waals surface area contributed by atoms with Gasteiger partial charge in [0.15, 0.2) is 5.82 Å². The summed E-state index contributed by atoms with van der Waals surface area (Å²) in [5, 5.41) is 9.33. The molecular weight excluding hydrogens is 220 g/mol. The van der Waals surface area contributed by atoms with Crippen LogP contribution in [0.5, 0.6) is 0 Å². The van der Waals surface area contributed by atoms with E-state index in [9.17, 15) is 5.11 Å². The minimum atomic E-state index is -0.412. The van der Waals surface area contributed by atoms with Crippen LogP contribution in [0.4, 0.5) is 11.6 Å². The third-order valence-electron chi connectivity index (χ3n) is 2.69. The normalized spacial score (nSPS) is 11.6. The van der Waals surface area contributed by atoms with E-state index in [1.807, 2.05) is 25.8 Å². The van der Waals surface area contributed by atoms with Gasteiger partial charge in [-0.3, -0.25) is 0 Å². The first-order chi connectivity index (χ1) is 7.90. The van der Waals surface area contributed by atoms with Gasteiger partial charge in [0, 0.05) is 20.2 Å². The molecule has 0 saturated heterocycles. The predicted octanol–water partition coefficient (Wildman–Crippen LogP) is 0.412. The zero-order chi connectivity index (χ0) is 13.1. The lowest BCUT2D eigenvalue weighted by atomic mass is 10.1. The molecule has 1 aromatic heterocycles. The molecule has 0 aliphatic carbocycles. The number of nitrogen functional groups attached to an aromatic ring is 1. The molecule has 0 bridgehead atoms. The molecule has 17 heavy (non-hydrogen) atoms. The summed E-state index contributed by atoms with van der Waals surface area (Å²) >= 11 is 0. The summed E-state index contributed by atoms with van der Waals surface area (Å²) in [5.41, 5.74) is 5.30. The fourth-order valence-electron chi connectivity index (χ4n) is 1.28. The van der Waals surface area contributed by atoms with Gasteiger partial charge < -0.3 is 20.5 Å². The van der Waals surface area contributed by atoms with Crippen LogP contribution in [0.3, 0.4) is 0 Å². The molecule has 0 amide bonds. The molecule has 0 aliphatic rings. The average Bonchev–Trinajstić information content (AvgIpc) is 2.27. The molecule has 1 heterocycles. The second-order valence-electron chi connectivity index (χ2n) is 4.53. The average molecular weight is 240 g/mol. The van der Waals surface area contributed by atoms with Gasteiger partial charge in [-0.05, 0) is 13.8 Å². The molecule has 0 atom stereocenters. The zero-order valence-electron chi connectivity index (χ0n) is 10.8. The minimum absolute atomic E-state index is 0.0209. The van der Waals surface area contributed by atoms with Crippen LogP contribution in [0, 0.1) is 0 Å². The van der Waals surface area contributed by atoms with Gasteiger partial charge in [0.25, 0.3) is 0 Å². The molecule has 1 rings (SSSR count). The number of methoxy groups -OCH3 is 1. The molecule has 0 aliphatic heterocycles. The SMILES string of the molecule is COCc1nc(N)cc(N(C)C(C)(C)CO)n1. The first-order valence-corrected chi connectivity index (χ1v) is 5.38. The first kappa shape index (κ1) is 13.7. The summed E-state index contributed by atoms with van der Waals surface area (Å²) in [6.45, 7) is 4.17. The summed E-state index contributed by atoms with van der Waals surface area (Å²) in [6.07, 6.45) is 0. The number of ether oxygens (including phenoxy) is 1. The Kier molecular flexibility index (Phi) is 4.25. The van der Waals surface area contributed by atoms with Gasteiger partial charge in [-0.2, -0.15) is 0 Å². The van der Waals surface area contributed by atoms with Crippen LogP contribution in [0.2, 0.25) is 0 Å². The summed E-state index contributed by atoms with van der Waals surface area (Å²) in [6, 6.07) is 1.68. The molecule has 0 radical (unpaired) electrons. The maximum Gasteiger partial charge on any atom is 0.158 e. The Morgan fingerprint density at radius 2 is 2.12 bits per heavy atom. The van der Waals surface area contributed by atoms with E-state index in [1.165, 1.54) is 0 Å².